The fraction of sp³-hybridized carbons (Fsp3) is 0.133. The molecule has 106 valence electrons. The summed E-state index contributed by atoms with van der Waals surface area (Å²) in [5, 5.41) is 0. The predicted molar refractivity (Wildman–Crippen MR) is 70.9 cm³/mol. The molecular weight excluding hydrogens is 278 g/mol. The highest BCUT2D eigenvalue weighted by molar-refractivity contribution is 6.52. The lowest BCUT2D eigenvalue weighted by atomic mass is 10.1. The molecule has 0 unspecified atom stereocenters. The number of aryl methyl sites for hydroxylation is 1. The van der Waals surface area contributed by atoms with Crippen LogP contribution in [-0.2, 0) is 11.3 Å². The minimum absolute atomic E-state index is 0.0369. The summed E-state index contributed by atoms with van der Waals surface area (Å²) in [5.74, 6) is -3.67. The molecule has 0 bridgehead atoms. The molecule has 0 radical (unpaired) electrons. The van der Waals surface area contributed by atoms with Gasteiger partial charge in [-0.25, -0.2) is 8.78 Å². The van der Waals surface area contributed by atoms with Gasteiger partial charge in [0.05, 0.1) is 17.8 Å². The number of carbonyl (C=O) groups excluding carboxylic acids is 2. The smallest absolute Gasteiger partial charge is 0.299 e. The molecule has 1 aliphatic heterocycles. The maximum atomic E-state index is 13.7. The number of amides is 1. The number of halogens is 2. The van der Waals surface area contributed by atoms with E-state index in [1.807, 2.05) is 6.92 Å². The minimum atomic E-state index is -1.02. The van der Waals surface area contributed by atoms with Crippen molar-refractivity contribution in [1.82, 2.24) is 4.98 Å². The van der Waals surface area contributed by atoms with Gasteiger partial charge in [-0.15, -0.1) is 0 Å². The maximum Gasteiger partial charge on any atom is 0.299 e. The molecule has 0 aliphatic carbocycles. The van der Waals surface area contributed by atoms with Crippen molar-refractivity contribution in [3.05, 3.63) is 58.9 Å². The number of anilines is 1. The molecule has 2 heterocycles. The Bertz CT molecular complexity index is 774. The van der Waals surface area contributed by atoms with Gasteiger partial charge in [-0.2, -0.15) is 0 Å². The van der Waals surface area contributed by atoms with Gasteiger partial charge in [-0.1, -0.05) is 6.07 Å². The number of hydrogen-bond acceptors (Lipinski definition) is 3. The first-order valence-electron chi connectivity index (χ1n) is 6.23. The van der Waals surface area contributed by atoms with Crippen LogP contribution in [0.15, 0.2) is 30.6 Å². The van der Waals surface area contributed by atoms with E-state index in [0.717, 1.165) is 16.5 Å². The van der Waals surface area contributed by atoms with Crippen LogP contribution in [0.2, 0.25) is 0 Å². The third-order valence-corrected chi connectivity index (χ3v) is 3.26. The highest BCUT2D eigenvalue weighted by Crippen LogP contribution is 2.33. The Balaban J connectivity index is 2.05. The van der Waals surface area contributed by atoms with Crippen molar-refractivity contribution in [2.75, 3.05) is 4.90 Å². The quantitative estimate of drug-likeness (QED) is 0.797. The Kier molecular flexibility index (Phi) is 3.01. The summed E-state index contributed by atoms with van der Waals surface area (Å²) in [4.78, 5) is 28.9. The van der Waals surface area contributed by atoms with E-state index in [-0.39, 0.29) is 17.8 Å². The fourth-order valence-electron chi connectivity index (χ4n) is 2.38. The molecule has 1 aromatic heterocycles. The van der Waals surface area contributed by atoms with E-state index in [4.69, 9.17) is 0 Å². The number of Topliss-reactive ketones (excluding diaryl/α,β-unsaturated/α-hetero) is 1. The Hall–Kier alpha value is -2.63. The molecule has 0 spiro atoms. The van der Waals surface area contributed by atoms with E-state index in [0.29, 0.717) is 11.6 Å². The second kappa shape index (κ2) is 4.73. The van der Waals surface area contributed by atoms with Crippen LogP contribution in [0.4, 0.5) is 14.5 Å². The highest BCUT2D eigenvalue weighted by atomic mass is 19.1. The predicted octanol–water partition coefficient (Wildman–Crippen LogP) is 2.40. The topological polar surface area (TPSA) is 50.3 Å². The Morgan fingerprint density at radius 3 is 2.62 bits per heavy atom. The molecule has 4 nitrogen and oxygen atoms in total. The van der Waals surface area contributed by atoms with Crippen molar-refractivity contribution in [2.24, 2.45) is 0 Å². The zero-order chi connectivity index (χ0) is 15.1. The summed E-state index contributed by atoms with van der Waals surface area (Å²) >= 11 is 0. The van der Waals surface area contributed by atoms with Crippen molar-refractivity contribution < 1.29 is 18.4 Å². The van der Waals surface area contributed by atoms with E-state index >= 15 is 0 Å². The molecule has 1 aliphatic rings. The lowest BCUT2D eigenvalue weighted by molar-refractivity contribution is -0.114. The van der Waals surface area contributed by atoms with Gasteiger partial charge < -0.3 is 4.90 Å². The van der Waals surface area contributed by atoms with Crippen LogP contribution in [0.5, 0.6) is 0 Å². The average Bonchev–Trinajstić information content (AvgIpc) is 2.64. The number of aromatic nitrogens is 1. The van der Waals surface area contributed by atoms with Gasteiger partial charge in [0.25, 0.3) is 11.7 Å². The summed E-state index contributed by atoms with van der Waals surface area (Å²) in [7, 11) is 0. The SMILES string of the molecule is Cc1cncc(CN2C(=O)C(=O)c3c(F)cc(F)cc32)c1. The standard InChI is InChI=1S/C15H10F2N2O2/c1-8-2-9(6-18-5-8)7-19-12-4-10(16)3-11(17)13(12)14(20)15(19)21/h2-6H,7H2,1H3. The van der Waals surface area contributed by atoms with Crippen molar-refractivity contribution in [3.8, 4) is 0 Å². The van der Waals surface area contributed by atoms with Gasteiger partial charge >= 0.3 is 0 Å². The Labute approximate surface area is 119 Å². The molecule has 1 aromatic carbocycles. The number of benzene rings is 1. The largest absolute Gasteiger partial charge is 0.300 e. The van der Waals surface area contributed by atoms with E-state index in [1.165, 1.54) is 0 Å². The third kappa shape index (κ3) is 2.18. The van der Waals surface area contributed by atoms with Crippen LogP contribution in [0, 0.1) is 18.6 Å². The molecule has 0 N–H and O–H groups in total. The van der Waals surface area contributed by atoms with Crippen LogP contribution in [0.25, 0.3) is 0 Å². The van der Waals surface area contributed by atoms with Gasteiger partial charge in [0, 0.05) is 18.5 Å². The fourth-order valence-corrected chi connectivity index (χ4v) is 2.38. The van der Waals surface area contributed by atoms with Crippen LogP contribution in [0.3, 0.4) is 0 Å². The lowest BCUT2D eigenvalue weighted by Crippen LogP contribution is -2.29. The number of hydrogen-bond donors (Lipinski definition) is 0. The normalized spacial score (nSPS) is 13.8. The molecule has 2 aromatic rings. The first-order valence-corrected chi connectivity index (χ1v) is 6.23. The molecule has 6 heteroatoms. The van der Waals surface area contributed by atoms with Crippen molar-refractivity contribution in [3.63, 3.8) is 0 Å². The lowest BCUT2D eigenvalue weighted by Gasteiger charge is -2.16. The van der Waals surface area contributed by atoms with Crippen molar-refractivity contribution >= 4 is 17.4 Å². The molecule has 0 fully saturated rings. The molecular formula is C15H10F2N2O2. The minimum Gasteiger partial charge on any atom is -0.300 e. The van der Waals surface area contributed by atoms with Crippen molar-refractivity contribution in [2.45, 2.75) is 13.5 Å². The second-order valence-corrected chi connectivity index (χ2v) is 4.87. The number of carbonyl (C=O) groups is 2. The first-order chi connectivity index (χ1) is 9.97. The van der Waals surface area contributed by atoms with Gasteiger partial charge in [-0.05, 0) is 24.1 Å². The summed E-state index contributed by atoms with van der Waals surface area (Å²) in [6, 6.07) is 3.38. The zero-order valence-corrected chi connectivity index (χ0v) is 11.1. The maximum absolute atomic E-state index is 13.7. The summed E-state index contributed by atoms with van der Waals surface area (Å²) < 4.78 is 27.1. The van der Waals surface area contributed by atoms with Crippen LogP contribution in [0.1, 0.15) is 21.5 Å². The number of nitrogens with zero attached hydrogens (tertiary/aromatic N) is 2. The van der Waals surface area contributed by atoms with Crippen molar-refractivity contribution in [1.29, 1.82) is 0 Å². The molecule has 0 atom stereocenters. The third-order valence-electron chi connectivity index (χ3n) is 3.26. The van der Waals surface area contributed by atoms with Gasteiger partial charge in [0.1, 0.15) is 11.6 Å². The molecule has 3 rings (SSSR count). The number of rotatable bonds is 2. The first kappa shape index (κ1) is 13.4. The van der Waals surface area contributed by atoms with Gasteiger partial charge in [0.2, 0.25) is 0 Å². The van der Waals surface area contributed by atoms with E-state index in [2.05, 4.69) is 4.98 Å². The Morgan fingerprint density at radius 1 is 1.14 bits per heavy atom. The van der Waals surface area contributed by atoms with E-state index in [9.17, 15) is 18.4 Å². The second-order valence-electron chi connectivity index (χ2n) is 4.87. The van der Waals surface area contributed by atoms with E-state index in [1.54, 1.807) is 18.5 Å². The zero-order valence-electron chi connectivity index (χ0n) is 11.1. The molecule has 0 saturated carbocycles. The van der Waals surface area contributed by atoms with E-state index < -0.39 is 23.3 Å². The highest BCUT2D eigenvalue weighted by Gasteiger charge is 2.38. The number of fused-ring (bicyclic) bond motifs is 1. The van der Waals surface area contributed by atoms with Crippen LogP contribution < -0.4 is 4.90 Å². The van der Waals surface area contributed by atoms with Crippen LogP contribution in [-0.4, -0.2) is 16.7 Å². The molecule has 1 amide bonds. The monoisotopic (exact) mass is 288 g/mol. The van der Waals surface area contributed by atoms with Crippen LogP contribution >= 0.6 is 0 Å². The Morgan fingerprint density at radius 2 is 1.90 bits per heavy atom. The number of pyridine rings is 1. The summed E-state index contributed by atoms with van der Waals surface area (Å²) in [6.45, 7) is 1.87. The van der Waals surface area contributed by atoms with Gasteiger partial charge in [-0.3, -0.25) is 14.6 Å². The molecule has 21 heavy (non-hydrogen) atoms. The summed E-state index contributed by atoms with van der Waals surface area (Å²) in [5.41, 5.74) is 1.15. The number of ketones is 1. The summed E-state index contributed by atoms with van der Waals surface area (Å²) in [6.07, 6.45) is 3.19. The average molecular weight is 288 g/mol. The molecule has 0 saturated heterocycles. The van der Waals surface area contributed by atoms with Gasteiger partial charge in [0.15, 0.2) is 0 Å².